The normalized spacial score (nSPS) is 10.5. The highest BCUT2D eigenvalue weighted by atomic mass is 16.4. The van der Waals surface area contributed by atoms with Crippen LogP contribution in [0.3, 0.4) is 0 Å². The molecule has 7 nitrogen and oxygen atoms in total. The molecule has 0 radical (unpaired) electrons. The van der Waals surface area contributed by atoms with Gasteiger partial charge in [-0.05, 0) is 13.8 Å². The Bertz CT molecular complexity index is 375. The second kappa shape index (κ2) is 5.97. The third-order valence-corrected chi connectivity index (χ3v) is 2.28. The van der Waals surface area contributed by atoms with Crippen LogP contribution < -0.4 is 0 Å². The van der Waals surface area contributed by atoms with Crippen LogP contribution in [-0.2, 0) is 16.1 Å². The lowest BCUT2D eigenvalue weighted by atomic mass is 10.2. The topological polar surface area (TPSA) is 88.3 Å². The molecule has 1 amide bonds. The summed E-state index contributed by atoms with van der Waals surface area (Å²) in [5.41, 5.74) is 0. The van der Waals surface area contributed by atoms with Crippen LogP contribution in [0.1, 0.15) is 20.3 Å². The zero-order chi connectivity index (χ0) is 12.8. The van der Waals surface area contributed by atoms with Gasteiger partial charge in [0.2, 0.25) is 5.91 Å². The molecule has 0 bridgehead atoms. The Kier molecular flexibility index (Phi) is 4.62. The van der Waals surface area contributed by atoms with E-state index in [-0.39, 0.29) is 31.5 Å². The maximum absolute atomic E-state index is 11.9. The lowest BCUT2D eigenvalue weighted by Gasteiger charge is -2.26. The number of nitrogens with zero attached hydrogens (tertiary/aromatic N) is 4. The second-order valence-electron chi connectivity index (χ2n) is 3.93. The van der Waals surface area contributed by atoms with E-state index in [2.05, 4.69) is 10.3 Å². The minimum atomic E-state index is -0.913. The van der Waals surface area contributed by atoms with Gasteiger partial charge in [0.15, 0.2) is 0 Å². The number of hydrogen-bond acceptors (Lipinski definition) is 4. The summed E-state index contributed by atoms with van der Waals surface area (Å²) >= 11 is 0. The Labute approximate surface area is 99.0 Å². The largest absolute Gasteiger partial charge is 0.481 e. The number of aliphatic carboxylic acids is 1. The van der Waals surface area contributed by atoms with Crippen LogP contribution in [0.4, 0.5) is 0 Å². The smallest absolute Gasteiger partial charge is 0.305 e. The van der Waals surface area contributed by atoms with Crippen LogP contribution in [0.25, 0.3) is 0 Å². The number of carboxylic acid groups (broad SMARTS) is 1. The molecule has 7 heteroatoms. The summed E-state index contributed by atoms with van der Waals surface area (Å²) in [6.45, 7) is 3.99. The minimum absolute atomic E-state index is 0.0367. The first-order valence-corrected chi connectivity index (χ1v) is 5.36. The molecule has 0 unspecified atom stereocenters. The average Bonchev–Trinajstić information content (AvgIpc) is 2.69. The lowest BCUT2D eigenvalue weighted by molar-refractivity contribution is -0.139. The van der Waals surface area contributed by atoms with E-state index in [0.29, 0.717) is 0 Å². The fraction of sp³-hybridized carbons (Fsp3) is 0.600. The first kappa shape index (κ1) is 13.1. The fourth-order valence-electron chi connectivity index (χ4n) is 1.43. The van der Waals surface area contributed by atoms with Crippen LogP contribution in [0.5, 0.6) is 0 Å². The number of aromatic nitrogens is 3. The SMILES string of the molecule is CC(C)N(CCC(=O)O)C(=O)Cn1ccnn1. The van der Waals surface area contributed by atoms with Crippen molar-refractivity contribution in [2.45, 2.75) is 32.9 Å². The molecule has 0 aliphatic carbocycles. The van der Waals surface area contributed by atoms with E-state index < -0.39 is 5.97 Å². The maximum Gasteiger partial charge on any atom is 0.305 e. The van der Waals surface area contributed by atoms with Crippen molar-refractivity contribution in [2.24, 2.45) is 0 Å². The zero-order valence-electron chi connectivity index (χ0n) is 9.91. The van der Waals surface area contributed by atoms with E-state index in [4.69, 9.17) is 5.11 Å². The summed E-state index contributed by atoms with van der Waals surface area (Å²) < 4.78 is 1.42. The van der Waals surface area contributed by atoms with Gasteiger partial charge in [-0.1, -0.05) is 5.21 Å². The van der Waals surface area contributed by atoms with Gasteiger partial charge < -0.3 is 10.0 Å². The second-order valence-corrected chi connectivity index (χ2v) is 3.93. The number of amides is 1. The van der Waals surface area contributed by atoms with Gasteiger partial charge in [-0.3, -0.25) is 9.59 Å². The fourth-order valence-corrected chi connectivity index (χ4v) is 1.43. The van der Waals surface area contributed by atoms with Crippen LogP contribution in [-0.4, -0.2) is 49.5 Å². The highest BCUT2D eigenvalue weighted by Crippen LogP contribution is 2.02. The molecule has 0 fully saturated rings. The van der Waals surface area contributed by atoms with E-state index in [1.807, 2.05) is 13.8 Å². The molecule has 0 saturated carbocycles. The van der Waals surface area contributed by atoms with Gasteiger partial charge in [0.1, 0.15) is 6.54 Å². The molecule has 0 aliphatic rings. The van der Waals surface area contributed by atoms with Gasteiger partial charge in [-0.2, -0.15) is 0 Å². The van der Waals surface area contributed by atoms with Crippen LogP contribution in [0.15, 0.2) is 12.4 Å². The van der Waals surface area contributed by atoms with Crippen LogP contribution >= 0.6 is 0 Å². The molecule has 1 aromatic heterocycles. The molecule has 0 spiro atoms. The quantitative estimate of drug-likeness (QED) is 0.755. The van der Waals surface area contributed by atoms with Crippen molar-refractivity contribution in [3.05, 3.63) is 12.4 Å². The van der Waals surface area contributed by atoms with Gasteiger partial charge in [0, 0.05) is 18.8 Å². The molecular weight excluding hydrogens is 224 g/mol. The number of carbonyl (C=O) groups excluding carboxylic acids is 1. The Morgan fingerprint density at radius 3 is 2.65 bits per heavy atom. The van der Waals surface area contributed by atoms with Crippen LogP contribution in [0.2, 0.25) is 0 Å². The average molecular weight is 240 g/mol. The molecule has 1 N–H and O–H groups in total. The summed E-state index contributed by atoms with van der Waals surface area (Å²) in [4.78, 5) is 23.9. The van der Waals surface area contributed by atoms with Gasteiger partial charge in [0.05, 0.1) is 12.6 Å². The van der Waals surface area contributed by atoms with Gasteiger partial charge in [-0.15, -0.1) is 5.10 Å². The molecule has 17 heavy (non-hydrogen) atoms. The van der Waals surface area contributed by atoms with Crippen molar-refractivity contribution in [1.82, 2.24) is 19.9 Å². The Morgan fingerprint density at radius 1 is 1.47 bits per heavy atom. The summed E-state index contributed by atoms with van der Waals surface area (Å²) in [5.74, 6) is -1.07. The maximum atomic E-state index is 11.9. The lowest BCUT2D eigenvalue weighted by Crippen LogP contribution is -2.40. The number of carbonyl (C=O) groups is 2. The minimum Gasteiger partial charge on any atom is -0.481 e. The van der Waals surface area contributed by atoms with Gasteiger partial charge in [0.25, 0.3) is 0 Å². The van der Waals surface area contributed by atoms with Crippen molar-refractivity contribution >= 4 is 11.9 Å². The van der Waals surface area contributed by atoms with Crippen LogP contribution in [0, 0.1) is 0 Å². The van der Waals surface area contributed by atoms with E-state index in [1.165, 1.54) is 15.8 Å². The Balaban J connectivity index is 2.57. The van der Waals surface area contributed by atoms with Gasteiger partial charge >= 0.3 is 5.97 Å². The number of rotatable bonds is 6. The van der Waals surface area contributed by atoms with E-state index in [0.717, 1.165) is 0 Å². The first-order valence-electron chi connectivity index (χ1n) is 5.36. The van der Waals surface area contributed by atoms with Crippen molar-refractivity contribution in [2.75, 3.05) is 6.54 Å². The van der Waals surface area contributed by atoms with E-state index in [1.54, 1.807) is 6.20 Å². The predicted octanol–water partition coefficient (Wildman–Crippen LogP) is -0.0102. The van der Waals surface area contributed by atoms with Crippen molar-refractivity contribution in [1.29, 1.82) is 0 Å². The monoisotopic (exact) mass is 240 g/mol. The number of carboxylic acids is 1. The third-order valence-electron chi connectivity index (χ3n) is 2.28. The third kappa shape index (κ3) is 4.21. The highest BCUT2D eigenvalue weighted by Gasteiger charge is 2.18. The molecule has 94 valence electrons. The summed E-state index contributed by atoms with van der Waals surface area (Å²) in [5, 5.41) is 15.9. The Hall–Kier alpha value is -1.92. The van der Waals surface area contributed by atoms with E-state index >= 15 is 0 Å². The zero-order valence-corrected chi connectivity index (χ0v) is 9.91. The molecule has 0 saturated heterocycles. The summed E-state index contributed by atoms with van der Waals surface area (Å²) in [6, 6.07) is -0.0367. The number of hydrogen-bond donors (Lipinski definition) is 1. The molecule has 1 rings (SSSR count). The Morgan fingerprint density at radius 2 is 2.18 bits per heavy atom. The molecule has 0 atom stereocenters. The first-order chi connectivity index (χ1) is 8.00. The molecular formula is C10H16N4O3. The standard InChI is InChI=1S/C10H16N4O3/c1-8(2)14(5-3-10(16)17)9(15)7-13-6-4-11-12-13/h4,6,8H,3,5,7H2,1-2H3,(H,16,17). The van der Waals surface area contributed by atoms with Crippen molar-refractivity contribution in [3.8, 4) is 0 Å². The van der Waals surface area contributed by atoms with Crippen molar-refractivity contribution in [3.63, 3.8) is 0 Å². The van der Waals surface area contributed by atoms with Gasteiger partial charge in [-0.25, -0.2) is 4.68 Å². The van der Waals surface area contributed by atoms with Crippen molar-refractivity contribution < 1.29 is 14.7 Å². The molecule has 1 aromatic rings. The molecule has 0 aromatic carbocycles. The predicted molar refractivity (Wildman–Crippen MR) is 59.1 cm³/mol. The molecule has 0 aliphatic heterocycles. The van der Waals surface area contributed by atoms with E-state index in [9.17, 15) is 9.59 Å². The molecule has 1 heterocycles. The highest BCUT2D eigenvalue weighted by molar-refractivity contribution is 5.77. The summed E-state index contributed by atoms with van der Waals surface area (Å²) in [7, 11) is 0. The summed E-state index contributed by atoms with van der Waals surface area (Å²) in [6.07, 6.45) is 3.03.